The van der Waals surface area contributed by atoms with Gasteiger partial charge in [-0.2, -0.15) is 0 Å². The van der Waals surface area contributed by atoms with Gasteiger partial charge in [0.2, 0.25) is 0 Å². The van der Waals surface area contributed by atoms with Crippen LogP contribution in [0.3, 0.4) is 0 Å². The minimum atomic E-state index is 1.18. The third-order valence-electron chi connectivity index (χ3n) is 5.29. The van der Waals surface area contributed by atoms with Gasteiger partial charge in [0.05, 0.1) is 0 Å². The number of fused-ring (bicyclic) bond motifs is 6. The monoisotopic (exact) mass is 340 g/mol. The van der Waals surface area contributed by atoms with E-state index in [1.807, 2.05) is 11.3 Å². The lowest BCUT2D eigenvalue weighted by atomic mass is 9.95. The van der Waals surface area contributed by atoms with Gasteiger partial charge in [-0.3, -0.25) is 0 Å². The average Bonchev–Trinajstić information content (AvgIpc) is 3.13. The number of aryl methyl sites for hydroxylation is 1. The Morgan fingerprint density at radius 3 is 2.44 bits per heavy atom. The zero-order chi connectivity index (χ0) is 16.8. The summed E-state index contributed by atoms with van der Waals surface area (Å²) in [6.45, 7) is 2.25. The molecule has 0 radical (unpaired) electrons. The van der Waals surface area contributed by atoms with E-state index >= 15 is 0 Å². The molecule has 1 heteroatoms. The Hall–Kier alpha value is -2.38. The zero-order valence-electron chi connectivity index (χ0n) is 14.4. The Bertz CT molecular complexity index is 1230. The van der Waals surface area contributed by atoms with Crippen molar-refractivity contribution in [1.29, 1.82) is 0 Å². The standard InChI is InChI=1S/C24H20S/c1-2-3-4-16-5-6-17-15-23-18(14-19(17)13-16)7-8-20-21(23)9-10-24-22(20)11-12-25-24/h5-15H,2-4H2,1H3. The molecule has 5 aromatic rings. The Balaban J connectivity index is 1.78. The van der Waals surface area contributed by atoms with Crippen molar-refractivity contribution in [3.8, 4) is 0 Å². The van der Waals surface area contributed by atoms with Crippen molar-refractivity contribution < 1.29 is 0 Å². The SMILES string of the molecule is CCCCc1ccc2cc3c(ccc4c5ccsc5ccc34)cc2c1. The van der Waals surface area contributed by atoms with Crippen molar-refractivity contribution in [3.63, 3.8) is 0 Å². The predicted molar refractivity (Wildman–Crippen MR) is 113 cm³/mol. The number of thiophene rings is 1. The van der Waals surface area contributed by atoms with Crippen molar-refractivity contribution in [1.82, 2.24) is 0 Å². The Labute approximate surface area is 151 Å². The summed E-state index contributed by atoms with van der Waals surface area (Å²) in [6.07, 6.45) is 3.69. The first-order chi connectivity index (χ1) is 12.3. The molecule has 122 valence electrons. The fourth-order valence-corrected chi connectivity index (χ4v) is 4.73. The molecule has 0 N–H and O–H groups in total. The van der Waals surface area contributed by atoms with E-state index in [0.29, 0.717) is 0 Å². The van der Waals surface area contributed by atoms with Crippen LogP contribution in [-0.2, 0) is 6.42 Å². The van der Waals surface area contributed by atoms with E-state index < -0.39 is 0 Å². The van der Waals surface area contributed by atoms with Crippen LogP contribution in [0.5, 0.6) is 0 Å². The Morgan fingerprint density at radius 1 is 0.680 bits per heavy atom. The number of hydrogen-bond acceptors (Lipinski definition) is 1. The number of hydrogen-bond donors (Lipinski definition) is 0. The molecule has 1 aromatic heterocycles. The molecule has 4 aromatic carbocycles. The van der Waals surface area contributed by atoms with E-state index in [0.717, 1.165) is 0 Å². The van der Waals surface area contributed by atoms with Crippen molar-refractivity contribution >= 4 is 53.7 Å². The topological polar surface area (TPSA) is 0 Å². The predicted octanol–water partition coefficient (Wildman–Crippen LogP) is 7.70. The second kappa shape index (κ2) is 5.86. The molecule has 1 heterocycles. The van der Waals surface area contributed by atoms with E-state index in [9.17, 15) is 0 Å². The van der Waals surface area contributed by atoms with Gasteiger partial charge >= 0.3 is 0 Å². The number of unbranched alkanes of at least 4 members (excludes halogenated alkanes) is 1. The molecule has 0 spiro atoms. The highest BCUT2D eigenvalue weighted by atomic mass is 32.1. The molecule has 0 nitrogen and oxygen atoms in total. The quantitative estimate of drug-likeness (QED) is 0.233. The van der Waals surface area contributed by atoms with Gasteiger partial charge < -0.3 is 0 Å². The van der Waals surface area contributed by atoms with Crippen molar-refractivity contribution in [2.75, 3.05) is 0 Å². The van der Waals surface area contributed by atoms with Crippen LogP contribution in [0.1, 0.15) is 25.3 Å². The van der Waals surface area contributed by atoms with Gasteiger partial charge in [-0.15, -0.1) is 11.3 Å². The first kappa shape index (κ1) is 14.9. The molecule has 5 rings (SSSR count). The van der Waals surface area contributed by atoms with Gasteiger partial charge in [0.1, 0.15) is 0 Å². The lowest BCUT2D eigenvalue weighted by molar-refractivity contribution is 0.796. The van der Waals surface area contributed by atoms with Gasteiger partial charge in [0.25, 0.3) is 0 Å². The molecule has 0 atom stereocenters. The lowest BCUT2D eigenvalue weighted by Crippen LogP contribution is -1.86. The molecule has 0 bridgehead atoms. The lowest BCUT2D eigenvalue weighted by Gasteiger charge is -2.09. The molecule has 0 unspecified atom stereocenters. The van der Waals surface area contributed by atoms with E-state index in [1.165, 1.54) is 67.2 Å². The minimum Gasteiger partial charge on any atom is -0.144 e. The number of benzene rings is 4. The van der Waals surface area contributed by atoms with Gasteiger partial charge in [-0.1, -0.05) is 49.7 Å². The smallest absolute Gasteiger partial charge is 0.0349 e. The molecule has 0 aliphatic rings. The van der Waals surface area contributed by atoms with Crippen LogP contribution in [0.25, 0.3) is 42.4 Å². The second-order valence-corrected chi connectivity index (χ2v) is 7.86. The normalized spacial score (nSPS) is 11.9. The summed E-state index contributed by atoms with van der Waals surface area (Å²) in [5.74, 6) is 0. The van der Waals surface area contributed by atoms with Crippen LogP contribution in [0.2, 0.25) is 0 Å². The van der Waals surface area contributed by atoms with Crippen LogP contribution in [0, 0.1) is 0 Å². The summed E-state index contributed by atoms with van der Waals surface area (Å²) in [4.78, 5) is 0. The van der Waals surface area contributed by atoms with Crippen LogP contribution >= 0.6 is 11.3 Å². The highest BCUT2D eigenvalue weighted by Crippen LogP contribution is 2.35. The second-order valence-electron chi connectivity index (χ2n) is 6.92. The van der Waals surface area contributed by atoms with Crippen LogP contribution < -0.4 is 0 Å². The van der Waals surface area contributed by atoms with Crippen LogP contribution in [0.15, 0.2) is 66.0 Å². The van der Waals surface area contributed by atoms with E-state index in [4.69, 9.17) is 0 Å². The molecule has 0 fully saturated rings. The minimum absolute atomic E-state index is 1.18. The zero-order valence-corrected chi connectivity index (χ0v) is 15.2. The maximum atomic E-state index is 2.37. The third kappa shape index (κ3) is 2.42. The summed E-state index contributed by atoms with van der Waals surface area (Å²) in [7, 11) is 0. The van der Waals surface area contributed by atoms with Gasteiger partial charge in [0, 0.05) is 10.1 Å². The molecule has 0 saturated carbocycles. The maximum absolute atomic E-state index is 2.37. The van der Waals surface area contributed by atoms with Crippen molar-refractivity contribution in [2.24, 2.45) is 0 Å². The first-order valence-electron chi connectivity index (χ1n) is 9.09. The molecule has 0 saturated heterocycles. The molecular formula is C24H20S. The van der Waals surface area contributed by atoms with Gasteiger partial charge in [-0.25, -0.2) is 0 Å². The molecular weight excluding hydrogens is 320 g/mol. The molecule has 0 aliphatic heterocycles. The van der Waals surface area contributed by atoms with Gasteiger partial charge in [0.15, 0.2) is 0 Å². The summed E-state index contributed by atoms with van der Waals surface area (Å²) in [5, 5.41) is 11.7. The molecule has 25 heavy (non-hydrogen) atoms. The average molecular weight is 340 g/mol. The fraction of sp³-hybridized carbons (Fsp3) is 0.167. The first-order valence-corrected chi connectivity index (χ1v) is 9.97. The van der Waals surface area contributed by atoms with Crippen molar-refractivity contribution in [3.05, 3.63) is 71.6 Å². The third-order valence-corrected chi connectivity index (χ3v) is 6.17. The van der Waals surface area contributed by atoms with E-state index in [1.54, 1.807) is 0 Å². The van der Waals surface area contributed by atoms with Crippen molar-refractivity contribution in [2.45, 2.75) is 26.2 Å². The summed E-state index contributed by atoms with van der Waals surface area (Å²) in [6, 6.07) is 23.1. The Kier molecular flexibility index (Phi) is 3.50. The Morgan fingerprint density at radius 2 is 1.52 bits per heavy atom. The van der Waals surface area contributed by atoms with E-state index in [-0.39, 0.29) is 0 Å². The van der Waals surface area contributed by atoms with E-state index in [2.05, 4.69) is 73.0 Å². The van der Waals surface area contributed by atoms with Crippen LogP contribution in [-0.4, -0.2) is 0 Å². The van der Waals surface area contributed by atoms with Crippen LogP contribution in [0.4, 0.5) is 0 Å². The molecule has 0 aliphatic carbocycles. The summed E-state index contributed by atoms with van der Waals surface area (Å²) < 4.78 is 1.37. The number of rotatable bonds is 3. The highest BCUT2D eigenvalue weighted by molar-refractivity contribution is 7.17. The molecule has 0 amide bonds. The van der Waals surface area contributed by atoms with Gasteiger partial charge in [-0.05, 0) is 80.4 Å². The maximum Gasteiger partial charge on any atom is 0.0349 e. The summed E-state index contributed by atoms with van der Waals surface area (Å²) in [5.41, 5.74) is 1.45. The fourth-order valence-electron chi connectivity index (χ4n) is 3.93. The highest BCUT2D eigenvalue weighted by Gasteiger charge is 2.07. The largest absolute Gasteiger partial charge is 0.144 e. The summed E-state index contributed by atoms with van der Waals surface area (Å²) >= 11 is 1.82.